The van der Waals surface area contributed by atoms with Crippen molar-refractivity contribution in [3.63, 3.8) is 0 Å². The van der Waals surface area contributed by atoms with Gasteiger partial charge in [-0.3, -0.25) is 14.5 Å². The zero-order valence-corrected chi connectivity index (χ0v) is 18.3. The lowest BCUT2D eigenvalue weighted by Gasteiger charge is -2.27. The van der Waals surface area contributed by atoms with Crippen molar-refractivity contribution in [2.75, 3.05) is 19.1 Å². The maximum Gasteiger partial charge on any atom is 0.300 e. The molecule has 1 N–H and O–H groups in total. The minimum absolute atomic E-state index is 0.0202. The van der Waals surface area contributed by atoms with Crippen LogP contribution in [-0.4, -0.2) is 31.0 Å². The molecule has 1 atom stereocenters. The van der Waals surface area contributed by atoms with Crippen molar-refractivity contribution in [1.82, 2.24) is 0 Å². The molecule has 3 aromatic carbocycles. The fraction of sp³-hybridized carbons (Fsp3) is 0.154. The molecule has 0 saturated carbocycles. The second kappa shape index (κ2) is 8.78. The van der Waals surface area contributed by atoms with Crippen LogP contribution in [0, 0.1) is 12.7 Å². The number of carbonyl (C=O) groups is 2. The highest BCUT2D eigenvalue weighted by molar-refractivity contribution is 6.52. The summed E-state index contributed by atoms with van der Waals surface area (Å²) in [5.74, 6) is -2.31. The smallest absolute Gasteiger partial charge is 0.300 e. The zero-order valence-electron chi connectivity index (χ0n) is 18.3. The molecule has 1 saturated heterocycles. The number of hydrogen-bond donors (Lipinski definition) is 1. The molecule has 7 heteroatoms. The number of para-hydroxylation sites is 2. The van der Waals surface area contributed by atoms with Gasteiger partial charge in [-0.05, 0) is 42.8 Å². The molecule has 0 radical (unpaired) electrons. The van der Waals surface area contributed by atoms with E-state index < -0.39 is 29.3 Å². The predicted molar refractivity (Wildman–Crippen MR) is 122 cm³/mol. The Balaban J connectivity index is 2.02. The van der Waals surface area contributed by atoms with E-state index in [0.717, 1.165) is 11.6 Å². The summed E-state index contributed by atoms with van der Waals surface area (Å²) in [4.78, 5) is 27.9. The van der Waals surface area contributed by atoms with Crippen LogP contribution in [0.2, 0.25) is 0 Å². The number of anilines is 1. The predicted octanol–water partition coefficient (Wildman–Crippen LogP) is 4.78. The van der Waals surface area contributed by atoms with Gasteiger partial charge in [0.25, 0.3) is 11.7 Å². The average molecular weight is 447 g/mol. The van der Waals surface area contributed by atoms with E-state index >= 15 is 0 Å². The number of halogens is 1. The van der Waals surface area contributed by atoms with E-state index in [9.17, 15) is 19.1 Å². The van der Waals surface area contributed by atoms with Gasteiger partial charge in [0.15, 0.2) is 0 Å². The molecule has 168 valence electrons. The number of ketones is 1. The molecule has 1 heterocycles. The van der Waals surface area contributed by atoms with Crippen LogP contribution in [0.25, 0.3) is 5.76 Å². The largest absolute Gasteiger partial charge is 0.507 e. The van der Waals surface area contributed by atoms with Gasteiger partial charge in [0.2, 0.25) is 0 Å². The molecule has 1 unspecified atom stereocenters. The number of amides is 1. The fourth-order valence-electron chi connectivity index (χ4n) is 4.08. The Kier molecular flexibility index (Phi) is 5.87. The lowest BCUT2D eigenvalue weighted by Crippen LogP contribution is -2.29. The molecule has 1 aliphatic rings. The van der Waals surface area contributed by atoms with Crippen molar-refractivity contribution in [3.8, 4) is 11.5 Å². The summed E-state index contributed by atoms with van der Waals surface area (Å²) in [6.45, 7) is 1.88. The molecule has 0 aliphatic carbocycles. The van der Waals surface area contributed by atoms with Crippen LogP contribution < -0.4 is 14.4 Å². The molecular weight excluding hydrogens is 425 g/mol. The second-order valence-electron chi connectivity index (χ2n) is 7.60. The SMILES string of the molecule is COc1ccc(F)cc1/C(O)=C1\C(=O)C(=O)N(c2ccccc2OC)C1c1cccc(C)c1. The van der Waals surface area contributed by atoms with E-state index in [0.29, 0.717) is 17.0 Å². The van der Waals surface area contributed by atoms with Gasteiger partial charge in [0, 0.05) is 0 Å². The van der Waals surface area contributed by atoms with Gasteiger partial charge in [-0.15, -0.1) is 0 Å². The van der Waals surface area contributed by atoms with E-state index in [1.165, 1.54) is 31.3 Å². The Bertz CT molecular complexity index is 1280. The van der Waals surface area contributed by atoms with E-state index in [4.69, 9.17) is 9.47 Å². The normalized spacial score (nSPS) is 17.3. The number of aliphatic hydroxyl groups is 1. The van der Waals surface area contributed by atoms with Crippen molar-refractivity contribution in [1.29, 1.82) is 0 Å². The maximum atomic E-state index is 14.0. The van der Waals surface area contributed by atoms with Crippen LogP contribution >= 0.6 is 0 Å². The lowest BCUT2D eigenvalue weighted by atomic mass is 9.94. The van der Waals surface area contributed by atoms with Crippen LogP contribution in [-0.2, 0) is 9.59 Å². The summed E-state index contributed by atoms with van der Waals surface area (Å²) in [7, 11) is 2.84. The van der Waals surface area contributed by atoms with Gasteiger partial charge in [0.05, 0.1) is 37.1 Å². The first-order valence-electron chi connectivity index (χ1n) is 10.2. The van der Waals surface area contributed by atoms with E-state index in [1.807, 2.05) is 19.1 Å². The number of Topliss-reactive ketones (excluding diaryl/α,β-unsaturated/α-hetero) is 1. The molecule has 1 fully saturated rings. The van der Waals surface area contributed by atoms with Crippen molar-refractivity contribution < 1.29 is 28.6 Å². The Labute approximate surface area is 190 Å². The van der Waals surface area contributed by atoms with Gasteiger partial charge in [-0.2, -0.15) is 0 Å². The van der Waals surface area contributed by atoms with Crippen LogP contribution in [0.3, 0.4) is 0 Å². The Morgan fingerprint density at radius 3 is 2.36 bits per heavy atom. The summed E-state index contributed by atoms with van der Waals surface area (Å²) >= 11 is 0. The van der Waals surface area contributed by atoms with Crippen molar-refractivity contribution in [3.05, 3.63) is 94.8 Å². The molecule has 6 nitrogen and oxygen atoms in total. The van der Waals surface area contributed by atoms with E-state index in [2.05, 4.69) is 0 Å². The standard InChI is InChI=1S/C26H22FNO5/c1-15-7-6-8-16(13-15)23-22(24(29)18-14-17(27)11-12-20(18)32-2)25(30)26(31)28(23)19-9-4-5-10-21(19)33-3/h4-14,23,29H,1-3H3/b24-22+. The Morgan fingerprint density at radius 1 is 0.939 bits per heavy atom. The highest BCUT2D eigenvalue weighted by Crippen LogP contribution is 2.45. The molecule has 1 aliphatic heterocycles. The lowest BCUT2D eigenvalue weighted by molar-refractivity contribution is -0.132. The first-order valence-corrected chi connectivity index (χ1v) is 10.2. The monoisotopic (exact) mass is 447 g/mol. The summed E-state index contributed by atoms with van der Waals surface area (Å²) < 4.78 is 24.7. The molecule has 0 aromatic heterocycles. The number of benzene rings is 3. The Hall–Kier alpha value is -4.13. The van der Waals surface area contributed by atoms with Crippen LogP contribution in [0.15, 0.2) is 72.3 Å². The van der Waals surface area contributed by atoms with Crippen molar-refractivity contribution >= 4 is 23.1 Å². The summed E-state index contributed by atoms with van der Waals surface area (Å²) in [6, 6.07) is 16.7. The van der Waals surface area contributed by atoms with E-state index in [-0.39, 0.29) is 16.9 Å². The van der Waals surface area contributed by atoms with Gasteiger partial charge in [-0.1, -0.05) is 42.0 Å². The molecule has 33 heavy (non-hydrogen) atoms. The number of hydrogen-bond acceptors (Lipinski definition) is 5. The van der Waals surface area contributed by atoms with Crippen molar-refractivity contribution in [2.45, 2.75) is 13.0 Å². The minimum atomic E-state index is -0.964. The Morgan fingerprint density at radius 2 is 1.67 bits per heavy atom. The third kappa shape index (κ3) is 3.82. The zero-order chi connectivity index (χ0) is 23.7. The number of aryl methyl sites for hydroxylation is 1. The second-order valence-corrected chi connectivity index (χ2v) is 7.60. The van der Waals surface area contributed by atoms with Crippen molar-refractivity contribution in [2.24, 2.45) is 0 Å². The molecule has 4 rings (SSSR count). The third-order valence-corrected chi connectivity index (χ3v) is 5.56. The first kappa shape index (κ1) is 22.1. The van der Waals surface area contributed by atoms with Gasteiger partial charge in [0.1, 0.15) is 23.1 Å². The number of carbonyl (C=O) groups excluding carboxylic acids is 2. The molecule has 0 spiro atoms. The number of aliphatic hydroxyl groups excluding tert-OH is 1. The highest BCUT2D eigenvalue weighted by atomic mass is 19.1. The molecular formula is C26H22FNO5. The fourth-order valence-corrected chi connectivity index (χ4v) is 4.08. The quantitative estimate of drug-likeness (QED) is 0.346. The van der Waals surface area contributed by atoms with Crippen LogP contribution in [0.1, 0.15) is 22.7 Å². The van der Waals surface area contributed by atoms with Gasteiger partial charge < -0.3 is 14.6 Å². The number of methoxy groups -OCH3 is 2. The third-order valence-electron chi connectivity index (χ3n) is 5.56. The number of nitrogens with zero attached hydrogens (tertiary/aromatic N) is 1. The number of ether oxygens (including phenoxy) is 2. The average Bonchev–Trinajstić information content (AvgIpc) is 3.09. The maximum absolute atomic E-state index is 14.0. The number of rotatable bonds is 5. The van der Waals surface area contributed by atoms with E-state index in [1.54, 1.807) is 36.4 Å². The molecule has 3 aromatic rings. The minimum Gasteiger partial charge on any atom is -0.507 e. The highest BCUT2D eigenvalue weighted by Gasteiger charge is 2.48. The summed E-state index contributed by atoms with van der Waals surface area (Å²) in [6.07, 6.45) is 0. The molecule has 0 bridgehead atoms. The topological polar surface area (TPSA) is 76.1 Å². The molecule has 1 amide bonds. The summed E-state index contributed by atoms with van der Waals surface area (Å²) in [5, 5.41) is 11.2. The van der Waals surface area contributed by atoms with Crippen LogP contribution in [0.5, 0.6) is 11.5 Å². The van der Waals surface area contributed by atoms with Crippen LogP contribution in [0.4, 0.5) is 10.1 Å². The van der Waals surface area contributed by atoms with Gasteiger partial charge >= 0.3 is 0 Å². The van der Waals surface area contributed by atoms with Gasteiger partial charge in [-0.25, -0.2) is 4.39 Å². The summed E-state index contributed by atoms with van der Waals surface area (Å²) in [5.41, 5.74) is 1.70. The first-order chi connectivity index (χ1) is 15.9.